The standard InChI is InChI=1S/C27H21NO5/c1-15-7-11-21(29)20(13-15)28-24(22-12-8-16(2)33-22)23(26(31)27(28)32)25(30)19-10-9-17-5-3-4-6-18(17)14-19/h3-14,24,29-30H,1-2H3/b25-23-. The number of hydrogen-bond acceptors (Lipinski definition) is 5. The maximum Gasteiger partial charge on any atom is 0.300 e. The minimum Gasteiger partial charge on any atom is -0.507 e. The third kappa shape index (κ3) is 3.36. The van der Waals surface area contributed by atoms with Gasteiger partial charge in [-0.1, -0.05) is 42.5 Å². The van der Waals surface area contributed by atoms with Gasteiger partial charge in [0.2, 0.25) is 0 Å². The van der Waals surface area contributed by atoms with Gasteiger partial charge in [0, 0.05) is 5.56 Å². The van der Waals surface area contributed by atoms with E-state index in [0.29, 0.717) is 17.1 Å². The van der Waals surface area contributed by atoms with E-state index >= 15 is 0 Å². The van der Waals surface area contributed by atoms with Gasteiger partial charge in [-0.3, -0.25) is 14.5 Å². The van der Waals surface area contributed by atoms with Crippen LogP contribution in [0.1, 0.15) is 28.7 Å². The molecule has 0 aliphatic carbocycles. The lowest BCUT2D eigenvalue weighted by atomic mass is 9.97. The Labute approximate surface area is 190 Å². The smallest absolute Gasteiger partial charge is 0.300 e. The third-order valence-electron chi connectivity index (χ3n) is 5.89. The number of amides is 1. The molecule has 1 amide bonds. The summed E-state index contributed by atoms with van der Waals surface area (Å²) in [5.41, 5.74) is 1.29. The number of aryl methyl sites for hydroxylation is 2. The van der Waals surface area contributed by atoms with Gasteiger partial charge in [-0.25, -0.2) is 0 Å². The maximum atomic E-state index is 13.2. The Hall–Kier alpha value is -4.32. The quantitative estimate of drug-likeness (QED) is 0.254. The minimum absolute atomic E-state index is 0.0921. The van der Waals surface area contributed by atoms with Crippen LogP contribution in [-0.4, -0.2) is 21.9 Å². The van der Waals surface area contributed by atoms with E-state index in [9.17, 15) is 19.8 Å². The Kier molecular flexibility index (Phi) is 4.78. The Balaban J connectivity index is 1.75. The predicted octanol–water partition coefficient (Wildman–Crippen LogP) is 5.38. The zero-order valence-electron chi connectivity index (χ0n) is 18.1. The van der Waals surface area contributed by atoms with E-state index in [1.165, 1.54) is 11.0 Å². The lowest BCUT2D eigenvalue weighted by Crippen LogP contribution is -2.29. The molecule has 6 nitrogen and oxygen atoms in total. The van der Waals surface area contributed by atoms with Gasteiger partial charge in [0.1, 0.15) is 29.1 Å². The number of benzene rings is 3. The number of anilines is 1. The first-order valence-electron chi connectivity index (χ1n) is 10.5. The predicted molar refractivity (Wildman–Crippen MR) is 125 cm³/mol. The molecule has 0 saturated carbocycles. The summed E-state index contributed by atoms with van der Waals surface area (Å²) >= 11 is 0. The number of carbonyl (C=O) groups is 2. The first-order chi connectivity index (χ1) is 15.8. The highest BCUT2D eigenvalue weighted by atomic mass is 16.3. The minimum atomic E-state index is -1.03. The van der Waals surface area contributed by atoms with Gasteiger partial charge in [0.15, 0.2) is 0 Å². The Morgan fingerprint density at radius 2 is 1.67 bits per heavy atom. The number of aliphatic hydroxyl groups is 1. The van der Waals surface area contributed by atoms with E-state index < -0.39 is 17.7 Å². The molecule has 1 aliphatic rings. The number of rotatable bonds is 3. The van der Waals surface area contributed by atoms with E-state index in [0.717, 1.165) is 16.3 Å². The second-order valence-electron chi connectivity index (χ2n) is 8.17. The molecule has 1 aromatic heterocycles. The van der Waals surface area contributed by atoms with Crippen molar-refractivity contribution >= 4 is 33.9 Å². The summed E-state index contributed by atoms with van der Waals surface area (Å²) in [4.78, 5) is 27.6. The van der Waals surface area contributed by atoms with Crippen LogP contribution in [0.25, 0.3) is 16.5 Å². The van der Waals surface area contributed by atoms with Gasteiger partial charge in [-0.2, -0.15) is 0 Å². The number of furan rings is 1. The van der Waals surface area contributed by atoms with Crippen molar-refractivity contribution in [3.8, 4) is 5.75 Å². The Morgan fingerprint density at radius 3 is 2.39 bits per heavy atom. The van der Waals surface area contributed by atoms with E-state index in [-0.39, 0.29) is 22.8 Å². The zero-order chi connectivity index (χ0) is 23.3. The monoisotopic (exact) mass is 439 g/mol. The second-order valence-corrected chi connectivity index (χ2v) is 8.17. The molecule has 3 aromatic carbocycles. The van der Waals surface area contributed by atoms with Gasteiger partial charge in [0.05, 0.1) is 11.3 Å². The molecule has 0 bridgehead atoms. The molecule has 1 unspecified atom stereocenters. The van der Waals surface area contributed by atoms with Crippen LogP contribution in [0, 0.1) is 13.8 Å². The van der Waals surface area contributed by atoms with Crippen molar-refractivity contribution in [1.82, 2.24) is 0 Å². The number of carbonyl (C=O) groups excluding carboxylic acids is 2. The van der Waals surface area contributed by atoms with Gasteiger partial charge >= 0.3 is 0 Å². The van der Waals surface area contributed by atoms with Crippen LogP contribution >= 0.6 is 0 Å². The number of ketones is 1. The molecule has 1 aliphatic heterocycles. The van der Waals surface area contributed by atoms with Crippen LogP contribution in [-0.2, 0) is 9.59 Å². The molecule has 5 rings (SSSR count). The average Bonchev–Trinajstić information content (AvgIpc) is 3.35. The van der Waals surface area contributed by atoms with Crippen LogP contribution in [0.15, 0.2) is 82.8 Å². The highest BCUT2D eigenvalue weighted by molar-refractivity contribution is 6.51. The van der Waals surface area contributed by atoms with Crippen LogP contribution in [0.2, 0.25) is 0 Å². The summed E-state index contributed by atoms with van der Waals surface area (Å²) in [6.07, 6.45) is 0. The van der Waals surface area contributed by atoms with Gasteiger partial charge < -0.3 is 14.6 Å². The normalized spacial score (nSPS) is 17.8. The van der Waals surface area contributed by atoms with Gasteiger partial charge in [-0.05, 0) is 60.5 Å². The molecule has 6 heteroatoms. The summed E-state index contributed by atoms with van der Waals surface area (Å²) in [5.74, 6) is -1.24. The molecular formula is C27H21NO5. The van der Waals surface area contributed by atoms with Gasteiger partial charge in [0.25, 0.3) is 11.7 Å². The van der Waals surface area contributed by atoms with E-state index in [1.807, 2.05) is 37.3 Å². The first-order valence-corrected chi connectivity index (χ1v) is 10.5. The molecule has 1 fully saturated rings. The van der Waals surface area contributed by atoms with E-state index in [4.69, 9.17) is 4.42 Å². The van der Waals surface area contributed by atoms with Crippen molar-refractivity contribution in [3.05, 3.63) is 101 Å². The number of aromatic hydroxyl groups is 1. The lowest BCUT2D eigenvalue weighted by Gasteiger charge is -2.24. The molecule has 164 valence electrons. The summed E-state index contributed by atoms with van der Waals surface area (Å²) in [6, 6.07) is 20.1. The number of hydrogen-bond donors (Lipinski definition) is 2. The molecule has 0 spiro atoms. The SMILES string of the molecule is Cc1ccc(O)c(N2C(=O)C(=O)/C(=C(\O)c3ccc4ccccc4c3)C2c2ccc(C)o2)c1. The van der Waals surface area contributed by atoms with Crippen LogP contribution in [0.3, 0.4) is 0 Å². The molecule has 33 heavy (non-hydrogen) atoms. The maximum absolute atomic E-state index is 13.2. The van der Waals surface area contributed by atoms with Crippen molar-refractivity contribution in [2.75, 3.05) is 4.90 Å². The third-order valence-corrected chi connectivity index (χ3v) is 5.89. The molecule has 1 atom stereocenters. The number of phenols is 1. The summed E-state index contributed by atoms with van der Waals surface area (Å²) in [5, 5.41) is 23.7. The fraction of sp³-hybridized carbons (Fsp3) is 0.111. The highest BCUT2D eigenvalue weighted by Crippen LogP contribution is 2.45. The van der Waals surface area contributed by atoms with Crippen molar-refractivity contribution < 1.29 is 24.2 Å². The topological polar surface area (TPSA) is 91.0 Å². The average molecular weight is 439 g/mol. The van der Waals surface area contributed by atoms with Crippen LogP contribution in [0.4, 0.5) is 5.69 Å². The van der Waals surface area contributed by atoms with Crippen molar-refractivity contribution in [2.45, 2.75) is 19.9 Å². The lowest BCUT2D eigenvalue weighted by molar-refractivity contribution is -0.132. The number of Topliss-reactive ketones (excluding diaryl/α,β-unsaturated/α-hetero) is 1. The highest BCUT2D eigenvalue weighted by Gasteiger charge is 2.49. The fourth-order valence-corrected chi connectivity index (χ4v) is 4.27. The van der Waals surface area contributed by atoms with Crippen LogP contribution < -0.4 is 4.90 Å². The van der Waals surface area contributed by atoms with E-state index in [2.05, 4.69) is 0 Å². The van der Waals surface area contributed by atoms with E-state index in [1.54, 1.807) is 43.3 Å². The summed E-state index contributed by atoms with van der Waals surface area (Å²) in [6.45, 7) is 3.57. The number of fused-ring (bicyclic) bond motifs is 1. The van der Waals surface area contributed by atoms with Crippen molar-refractivity contribution in [2.24, 2.45) is 0 Å². The number of phenolic OH excluding ortho intramolecular Hbond substituents is 1. The van der Waals surface area contributed by atoms with Crippen LogP contribution in [0.5, 0.6) is 5.75 Å². The fourth-order valence-electron chi connectivity index (χ4n) is 4.27. The van der Waals surface area contributed by atoms with Crippen molar-refractivity contribution in [1.29, 1.82) is 0 Å². The Bertz CT molecular complexity index is 1460. The molecule has 0 radical (unpaired) electrons. The number of nitrogens with zero attached hydrogens (tertiary/aromatic N) is 1. The number of aliphatic hydroxyl groups excluding tert-OH is 1. The van der Waals surface area contributed by atoms with Gasteiger partial charge in [-0.15, -0.1) is 0 Å². The molecule has 4 aromatic rings. The van der Waals surface area contributed by atoms with Crippen molar-refractivity contribution in [3.63, 3.8) is 0 Å². The summed E-state index contributed by atoms with van der Waals surface area (Å²) in [7, 11) is 0. The zero-order valence-corrected chi connectivity index (χ0v) is 18.1. The Morgan fingerprint density at radius 1 is 0.909 bits per heavy atom. The largest absolute Gasteiger partial charge is 0.507 e. The molecule has 2 N–H and O–H groups in total. The molecule has 2 heterocycles. The molecule has 1 saturated heterocycles. The summed E-state index contributed by atoms with van der Waals surface area (Å²) < 4.78 is 5.80. The molecular weight excluding hydrogens is 418 g/mol. The first kappa shape index (κ1) is 20.6. The second kappa shape index (κ2) is 7.67.